The van der Waals surface area contributed by atoms with Crippen LogP contribution >= 0.6 is 0 Å². The van der Waals surface area contributed by atoms with Crippen LogP contribution in [-0.2, 0) is 39.8 Å². The first-order valence-electron chi connectivity index (χ1n) is 9.40. The summed E-state index contributed by atoms with van der Waals surface area (Å²) in [6, 6.07) is 32.6. The van der Waals surface area contributed by atoms with Crippen LogP contribution in [-0.4, -0.2) is 13.5 Å². The van der Waals surface area contributed by atoms with Gasteiger partial charge in [0.2, 0.25) is 0 Å². The Morgan fingerprint density at radius 2 is 1.43 bits per heavy atom. The molecule has 0 saturated heterocycles. The molecule has 0 aliphatic carbocycles. The van der Waals surface area contributed by atoms with Crippen molar-refractivity contribution in [3.8, 4) is 22.4 Å². The molecule has 0 aliphatic rings. The molecule has 5 aromatic rings. The Morgan fingerprint density at radius 3 is 2.20 bits per heavy atom. The molecular formula is C26H19BN2Y-. The molecule has 4 aromatic carbocycles. The number of fused-ring (bicyclic) bond motifs is 3. The first-order valence-corrected chi connectivity index (χ1v) is 9.40. The summed E-state index contributed by atoms with van der Waals surface area (Å²) >= 11 is 0. The molecule has 2 nitrogen and oxygen atoms in total. The molecule has 0 saturated carbocycles. The predicted molar refractivity (Wildman–Crippen MR) is 119 cm³/mol. The maximum absolute atomic E-state index is 4.38. The molecule has 0 unspecified atom stereocenters. The van der Waals surface area contributed by atoms with Crippen LogP contribution in [0.4, 0.5) is 0 Å². The zero-order chi connectivity index (χ0) is 19.1. The second kappa shape index (κ2) is 9.20. The first-order chi connectivity index (χ1) is 13.7. The smallest absolute Gasteiger partial charge is 0.175 e. The van der Waals surface area contributed by atoms with Gasteiger partial charge in [-0.05, 0) is 17.2 Å². The van der Waals surface area contributed by atoms with E-state index in [-0.39, 0.29) is 41.1 Å². The van der Waals surface area contributed by atoms with Crippen molar-refractivity contribution >= 4 is 30.0 Å². The number of hydrogen-bond acceptors (Lipinski definition) is 1. The Hall–Kier alpha value is -2.35. The van der Waals surface area contributed by atoms with Gasteiger partial charge in [-0.1, -0.05) is 65.7 Å². The van der Waals surface area contributed by atoms with Crippen molar-refractivity contribution in [2.45, 2.75) is 6.92 Å². The normalized spacial score (nSPS) is 10.5. The van der Waals surface area contributed by atoms with Gasteiger partial charge in [0.15, 0.2) is 12.7 Å². The van der Waals surface area contributed by atoms with E-state index in [0.29, 0.717) is 0 Å². The summed E-state index contributed by atoms with van der Waals surface area (Å²) in [5, 5.41) is 9.17. The molecule has 1 aromatic heterocycles. The summed E-state index contributed by atoms with van der Waals surface area (Å²) in [6.45, 7) is 2.12. The summed E-state index contributed by atoms with van der Waals surface area (Å²) in [5.74, 6) is 0. The second-order valence-corrected chi connectivity index (χ2v) is 7.05. The third-order valence-corrected chi connectivity index (χ3v) is 5.28. The Balaban J connectivity index is 0.00000128. The van der Waals surface area contributed by atoms with Crippen molar-refractivity contribution in [3.05, 3.63) is 96.7 Å². The fourth-order valence-corrected chi connectivity index (χ4v) is 3.84. The van der Waals surface area contributed by atoms with Crippen LogP contribution in [0, 0.1) is 19.1 Å². The van der Waals surface area contributed by atoms with Gasteiger partial charge in [0.25, 0.3) is 0 Å². The van der Waals surface area contributed by atoms with Gasteiger partial charge in [-0.2, -0.15) is 29.3 Å². The van der Waals surface area contributed by atoms with Crippen LogP contribution in [0.5, 0.6) is 0 Å². The van der Waals surface area contributed by atoms with Gasteiger partial charge in [0.05, 0.1) is 6.20 Å². The molecular weight excluding hydrogens is 440 g/mol. The molecule has 0 atom stereocenters. The number of aryl methyl sites for hydroxylation is 2. The van der Waals surface area contributed by atoms with E-state index in [1.54, 1.807) is 6.20 Å². The van der Waals surface area contributed by atoms with E-state index in [1.165, 1.54) is 21.7 Å². The molecule has 5 rings (SSSR count). The zero-order valence-electron chi connectivity index (χ0n) is 17.1. The van der Waals surface area contributed by atoms with Crippen molar-refractivity contribution in [2.75, 3.05) is 0 Å². The standard InChI is InChI=1S/C26H19N2.B.Y/c1-18-13-14-20(16-24(18)26-12-7-15-27-28(26)2)25-17-19-8-3-4-9-21(19)22-10-5-6-11-23(22)25;;/h3-15H,1-2H3;;/q-1;;. The van der Waals surface area contributed by atoms with E-state index in [4.69, 9.17) is 0 Å². The maximum Gasteiger partial charge on any atom is 0.175 e. The molecule has 0 aliphatic heterocycles. The Kier molecular flexibility index (Phi) is 6.85. The number of aromatic nitrogens is 2. The average Bonchev–Trinajstić information content (AvgIpc) is 2.74. The number of rotatable bonds is 2. The van der Waals surface area contributed by atoms with E-state index in [0.717, 1.165) is 27.8 Å². The summed E-state index contributed by atoms with van der Waals surface area (Å²) < 4.78 is 1.89. The SMILES string of the molecule is Cc1ccc(-c2[c-]c3ccccc3c3ccccc23)[c-]c1-c1cccn[n+]1C.[B].[Y]. The van der Waals surface area contributed by atoms with Crippen molar-refractivity contribution in [1.82, 2.24) is 5.10 Å². The van der Waals surface area contributed by atoms with Crippen LogP contribution in [0.2, 0.25) is 0 Å². The van der Waals surface area contributed by atoms with Crippen LogP contribution in [0.1, 0.15) is 5.56 Å². The molecule has 4 radical (unpaired) electrons. The van der Waals surface area contributed by atoms with Crippen LogP contribution in [0.15, 0.2) is 79.0 Å². The minimum atomic E-state index is 0. The number of nitrogens with zero attached hydrogens (tertiary/aromatic N) is 2. The summed E-state index contributed by atoms with van der Waals surface area (Å²) in [7, 11) is 1.97. The number of benzene rings is 4. The molecule has 30 heavy (non-hydrogen) atoms. The maximum atomic E-state index is 4.38. The Labute approximate surface area is 204 Å². The van der Waals surface area contributed by atoms with Crippen molar-refractivity contribution in [1.29, 1.82) is 0 Å². The van der Waals surface area contributed by atoms with Crippen molar-refractivity contribution in [3.63, 3.8) is 0 Å². The average molecular weight is 459 g/mol. The molecule has 0 N–H and O–H groups in total. The monoisotopic (exact) mass is 459 g/mol. The second-order valence-electron chi connectivity index (χ2n) is 7.05. The zero-order valence-corrected chi connectivity index (χ0v) is 19.9. The first kappa shape index (κ1) is 22.3. The van der Waals surface area contributed by atoms with Gasteiger partial charge in [-0.25, -0.2) is 0 Å². The minimum Gasteiger partial charge on any atom is -0.182 e. The fourth-order valence-electron chi connectivity index (χ4n) is 3.84. The van der Waals surface area contributed by atoms with Crippen molar-refractivity contribution in [2.24, 2.45) is 7.05 Å². The van der Waals surface area contributed by atoms with Crippen LogP contribution in [0.25, 0.3) is 43.9 Å². The van der Waals surface area contributed by atoms with E-state index in [2.05, 4.69) is 90.9 Å². The van der Waals surface area contributed by atoms with E-state index in [9.17, 15) is 0 Å². The fraction of sp³-hybridized carbons (Fsp3) is 0.0769. The van der Waals surface area contributed by atoms with Gasteiger partial charge >= 0.3 is 0 Å². The molecule has 0 amide bonds. The van der Waals surface area contributed by atoms with Gasteiger partial charge in [-0.3, -0.25) is 0 Å². The molecule has 0 bridgehead atoms. The quantitative estimate of drug-likeness (QED) is 0.156. The number of hydrogen-bond donors (Lipinski definition) is 0. The molecule has 140 valence electrons. The van der Waals surface area contributed by atoms with Gasteiger partial charge < -0.3 is 0 Å². The van der Waals surface area contributed by atoms with E-state index in [1.807, 2.05) is 17.8 Å². The summed E-state index contributed by atoms with van der Waals surface area (Å²) in [6.07, 6.45) is 1.80. The molecule has 0 fully saturated rings. The largest absolute Gasteiger partial charge is 0.182 e. The predicted octanol–water partition coefficient (Wildman–Crippen LogP) is 5.07. The van der Waals surface area contributed by atoms with E-state index < -0.39 is 0 Å². The van der Waals surface area contributed by atoms with Gasteiger partial charge in [0, 0.05) is 41.1 Å². The minimum absolute atomic E-state index is 0. The summed E-state index contributed by atoms with van der Waals surface area (Å²) in [4.78, 5) is 0. The Morgan fingerprint density at radius 1 is 0.733 bits per heavy atom. The third-order valence-electron chi connectivity index (χ3n) is 5.28. The topological polar surface area (TPSA) is 16.8 Å². The molecule has 4 heteroatoms. The van der Waals surface area contributed by atoms with Crippen molar-refractivity contribution < 1.29 is 37.4 Å². The van der Waals surface area contributed by atoms with Crippen LogP contribution in [0.3, 0.4) is 0 Å². The molecule has 1 heterocycles. The van der Waals surface area contributed by atoms with Gasteiger partial charge in [-0.15, -0.1) is 33.2 Å². The third kappa shape index (κ3) is 3.85. The Bertz CT molecular complexity index is 1350. The summed E-state index contributed by atoms with van der Waals surface area (Å²) in [5.41, 5.74) is 5.43. The van der Waals surface area contributed by atoms with Gasteiger partial charge in [0.1, 0.15) is 0 Å². The molecule has 0 spiro atoms. The van der Waals surface area contributed by atoms with Crippen LogP contribution < -0.4 is 4.68 Å². The van der Waals surface area contributed by atoms with E-state index >= 15 is 0 Å².